The van der Waals surface area contributed by atoms with Crippen LogP contribution in [0.3, 0.4) is 0 Å². The Labute approximate surface area is 164 Å². The maximum atomic E-state index is 12.8. The molecule has 0 N–H and O–H groups in total. The average molecular weight is 387 g/mol. The Bertz CT molecular complexity index is 801. The number of aryl methyl sites for hydroxylation is 1. The highest BCUT2D eigenvalue weighted by Crippen LogP contribution is 2.29. The van der Waals surface area contributed by atoms with Gasteiger partial charge in [0.2, 0.25) is 5.91 Å². The van der Waals surface area contributed by atoms with Gasteiger partial charge in [-0.3, -0.25) is 4.79 Å². The van der Waals surface area contributed by atoms with Gasteiger partial charge < -0.3 is 14.2 Å². The maximum absolute atomic E-state index is 12.8. The monoisotopic (exact) mass is 386 g/mol. The Morgan fingerprint density at radius 1 is 1.33 bits per heavy atom. The third-order valence-corrected chi connectivity index (χ3v) is 6.14. The molecule has 2 aliphatic heterocycles. The van der Waals surface area contributed by atoms with Crippen LogP contribution >= 0.6 is 11.8 Å². The minimum Gasteiger partial charge on any atom is -0.376 e. The lowest BCUT2D eigenvalue weighted by molar-refractivity contribution is -0.116. The SMILES string of the molecule is CCCc1nnc(SCC(=O)N2CCc3ccccc32)n1C[C@H]1CCCO1. The summed E-state index contributed by atoms with van der Waals surface area (Å²) >= 11 is 1.49. The number of fused-ring (bicyclic) bond motifs is 1. The highest BCUT2D eigenvalue weighted by atomic mass is 32.2. The van der Waals surface area contributed by atoms with Gasteiger partial charge in [-0.25, -0.2) is 0 Å². The lowest BCUT2D eigenvalue weighted by Gasteiger charge is -2.17. The van der Waals surface area contributed by atoms with Crippen molar-refractivity contribution >= 4 is 23.4 Å². The molecular weight excluding hydrogens is 360 g/mol. The number of rotatable bonds is 7. The van der Waals surface area contributed by atoms with Gasteiger partial charge in [-0.05, 0) is 37.3 Å². The van der Waals surface area contributed by atoms with Gasteiger partial charge in [-0.15, -0.1) is 10.2 Å². The summed E-state index contributed by atoms with van der Waals surface area (Å²) in [5, 5.41) is 9.57. The maximum Gasteiger partial charge on any atom is 0.237 e. The second kappa shape index (κ2) is 8.44. The second-order valence-electron chi connectivity index (χ2n) is 7.11. The van der Waals surface area contributed by atoms with Crippen LogP contribution in [-0.2, 0) is 28.9 Å². The van der Waals surface area contributed by atoms with E-state index in [2.05, 4.69) is 27.8 Å². The number of hydrogen-bond acceptors (Lipinski definition) is 5. The van der Waals surface area contributed by atoms with Crippen LogP contribution in [0.2, 0.25) is 0 Å². The zero-order chi connectivity index (χ0) is 18.6. The largest absolute Gasteiger partial charge is 0.376 e. The van der Waals surface area contributed by atoms with Crippen molar-refractivity contribution in [2.45, 2.75) is 56.8 Å². The number of benzene rings is 1. The van der Waals surface area contributed by atoms with E-state index in [1.165, 1.54) is 17.3 Å². The van der Waals surface area contributed by atoms with Crippen LogP contribution in [0.1, 0.15) is 37.6 Å². The number of ether oxygens (including phenoxy) is 1. The van der Waals surface area contributed by atoms with Crippen LogP contribution in [0.25, 0.3) is 0 Å². The summed E-state index contributed by atoms with van der Waals surface area (Å²) in [5.74, 6) is 1.51. The number of carbonyl (C=O) groups excluding carboxylic acids is 1. The van der Waals surface area contributed by atoms with E-state index in [1.54, 1.807) is 0 Å². The lowest BCUT2D eigenvalue weighted by atomic mass is 10.2. The summed E-state index contributed by atoms with van der Waals surface area (Å²) in [6.45, 7) is 4.53. The Balaban J connectivity index is 1.44. The van der Waals surface area contributed by atoms with Crippen molar-refractivity contribution < 1.29 is 9.53 Å². The molecule has 144 valence electrons. The number of anilines is 1. The number of nitrogens with zero attached hydrogens (tertiary/aromatic N) is 4. The molecule has 1 aromatic carbocycles. The zero-order valence-electron chi connectivity index (χ0n) is 15.8. The first-order valence-corrected chi connectivity index (χ1v) is 10.8. The van der Waals surface area contributed by atoms with E-state index in [0.717, 1.165) is 68.5 Å². The molecule has 6 nitrogen and oxygen atoms in total. The molecule has 3 heterocycles. The molecule has 1 aromatic heterocycles. The van der Waals surface area contributed by atoms with Crippen LogP contribution in [0.4, 0.5) is 5.69 Å². The van der Waals surface area contributed by atoms with Gasteiger partial charge in [0.25, 0.3) is 0 Å². The quantitative estimate of drug-likeness (QED) is 0.685. The standard InChI is InChI=1S/C20H26N4O2S/c1-2-6-18-21-22-20(24(18)13-16-8-5-12-26-16)27-14-19(25)23-11-10-15-7-3-4-9-17(15)23/h3-4,7,9,16H,2,5-6,8,10-14H2,1H3/t16-/m1/s1. The average Bonchev–Trinajstić information content (AvgIpc) is 3.42. The third-order valence-electron chi connectivity index (χ3n) is 5.19. The molecule has 1 saturated heterocycles. The van der Waals surface area contributed by atoms with E-state index in [9.17, 15) is 4.79 Å². The molecule has 7 heteroatoms. The normalized spacial score (nSPS) is 18.9. The summed E-state index contributed by atoms with van der Waals surface area (Å²) in [5.41, 5.74) is 2.30. The van der Waals surface area contributed by atoms with E-state index >= 15 is 0 Å². The molecule has 27 heavy (non-hydrogen) atoms. The minimum atomic E-state index is 0.133. The zero-order valence-corrected chi connectivity index (χ0v) is 16.6. The first kappa shape index (κ1) is 18.5. The molecule has 0 aliphatic carbocycles. The van der Waals surface area contributed by atoms with Gasteiger partial charge >= 0.3 is 0 Å². The van der Waals surface area contributed by atoms with Crippen LogP contribution in [0.15, 0.2) is 29.4 Å². The van der Waals surface area contributed by atoms with Crippen LogP contribution < -0.4 is 4.90 Å². The van der Waals surface area contributed by atoms with Crippen LogP contribution in [0.5, 0.6) is 0 Å². The van der Waals surface area contributed by atoms with Crippen LogP contribution in [0, 0.1) is 0 Å². The summed E-state index contributed by atoms with van der Waals surface area (Å²) in [6, 6.07) is 8.16. The molecule has 1 atom stereocenters. The predicted molar refractivity (Wildman–Crippen MR) is 106 cm³/mol. The van der Waals surface area contributed by atoms with E-state index in [-0.39, 0.29) is 12.0 Å². The van der Waals surface area contributed by atoms with Gasteiger partial charge in [-0.2, -0.15) is 0 Å². The molecule has 1 fully saturated rings. The second-order valence-corrected chi connectivity index (χ2v) is 8.05. The lowest BCUT2D eigenvalue weighted by Crippen LogP contribution is -2.30. The number of thioether (sulfide) groups is 1. The van der Waals surface area contributed by atoms with E-state index in [4.69, 9.17) is 4.74 Å². The van der Waals surface area contributed by atoms with Crippen molar-refractivity contribution in [1.29, 1.82) is 0 Å². The van der Waals surface area contributed by atoms with Crippen molar-refractivity contribution in [3.63, 3.8) is 0 Å². The Hall–Kier alpha value is -1.86. The van der Waals surface area contributed by atoms with Gasteiger partial charge in [0.05, 0.1) is 18.4 Å². The third kappa shape index (κ3) is 4.04. The van der Waals surface area contributed by atoms with Gasteiger partial charge in [-0.1, -0.05) is 36.9 Å². The fraction of sp³-hybridized carbons (Fsp3) is 0.550. The van der Waals surface area contributed by atoms with Crippen molar-refractivity contribution in [2.24, 2.45) is 0 Å². The molecule has 4 rings (SSSR count). The highest BCUT2D eigenvalue weighted by Gasteiger charge is 2.25. The van der Waals surface area contributed by atoms with Crippen molar-refractivity contribution in [3.8, 4) is 0 Å². The van der Waals surface area contributed by atoms with Crippen molar-refractivity contribution in [2.75, 3.05) is 23.8 Å². The fourth-order valence-electron chi connectivity index (χ4n) is 3.81. The summed E-state index contributed by atoms with van der Waals surface area (Å²) in [4.78, 5) is 14.7. The number of amides is 1. The number of hydrogen-bond donors (Lipinski definition) is 0. The fourth-order valence-corrected chi connectivity index (χ4v) is 4.65. The first-order chi connectivity index (χ1) is 13.3. The highest BCUT2D eigenvalue weighted by molar-refractivity contribution is 7.99. The smallest absolute Gasteiger partial charge is 0.237 e. The summed E-state index contributed by atoms with van der Waals surface area (Å²) in [6.07, 6.45) is 5.29. The Kier molecular flexibility index (Phi) is 5.78. The first-order valence-electron chi connectivity index (χ1n) is 9.81. The van der Waals surface area contributed by atoms with E-state index in [0.29, 0.717) is 5.75 Å². The minimum absolute atomic E-state index is 0.133. The Morgan fingerprint density at radius 3 is 3.04 bits per heavy atom. The molecule has 0 saturated carbocycles. The van der Waals surface area contributed by atoms with Crippen molar-refractivity contribution in [3.05, 3.63) is 35.7 Å². The molecule has 1 amide bonds. The van der Waals surface area contributed by atoms with Crippen LogP contribution in [-0.4, -0.2) is 45.7 Å². The van der Waals surface area contributed by atoms with E-state index < -0.39 is 0 Å². The number of para-hydroxylation sites is 1. The number of aromatic nitrogens is 3. The molecular formula is C20H26N4O2S. The van der Waals surface area contributed by atoms with Gasteiger partial charge in [0.15, 0.2) is 5.16 Å². The topological polar surface area (TPSA) is 60.2 Å². The molecule has 0 radical (unpaired) electrons. The van der Waals surface area contributed by atoms with E-state index in [1.807, 2.05) is 23.1 Å². The van der Waals surface area contributed by atoms with Gasteiger partial charge in [0, 0.05) is 25.3 Å². The van der Waals surface area contributed by atoms with Crippen molar-refractivity contribution in [1.82, 2.24) is 14.8 Å². The molecule has 2 aliphatic rings. The molecule has 0 unspecified atom stereocenters. The molecule has 2 aromatic rings. The molecule has 0 bridgehead atoms. The van der Waals surface area contributed by atoms with Gasteiger partial charge in [0.1, 0.15) is 5.82 Å². The molecule has 0 spiro atoms. The number of carbonyl (C=O) groups is 1. The summed E-state index contributed by atoms with van der Waals surface area (Å²) in [7, 11) is 0. The predicted octanol–water partition coefficient (Wildman–Crippen LogP) is 3.09. The summed E-state index contributed by atoms with van der Waals surface area (Å²) < 4.78 is 7.96. The Morgan fingerprint density at radius 2 is 2.22 bits per heavy atom.